The van der Waals surface area contributed by atoms with Crippen LogP contribution in [0, 0.1) is 0 Å². The fraction of sp³-hybridized carbons (Fsp3) is 0.250. The summed E-state index contributed by atoms with van der Waals surface area (Å²) in [4.78, 5) is 0.0356. The zero-order valence-electron chi connectivity index (χ0n) is 10.5. The molecule has 3 rings (SSSR count). The number of benzene rings is 1. The molecule has 0 amide bonds. The van der Waals surface area contributed by atoms with Gasteiger partial charge in [0.25, 0.3) is 10.0 Å². The van der Waals surface area contributed by atoms with Crippen LogP contribution in [0.5, 0.6) is 5.75 Å². The highest BCUT2D eigenvalue weighted by Crippen LogP contribution is 2.35. The molecule has 0 saturated heterocycles. The van der Waals surface area contributed by atoms with Gasteiger partial charge in [-0.15, -0.1) is 0 Å². The molecule has 0 fully saturated rings. The number of aromatic nitrogens is 1. The van der Waals surface area contributed by atoms with E-state index in [9.17, 15) is 8.42 Å². The predicted molar refractivity (Wildman–Crippen MR) is 72.0 cm³/mol. The Labute approximate surface area is 115 Å². The number of aryl methyl sites for hydroxylation is 1. The van der Waals surface area contributed by atoms with Gasteiger partial charge < -0.3 is 15.0 Å². The number of nitrogen functional groups attached to an aromatic ring is 1. The number of fused-ring (bicyclic) bond motifs is 1. The number of sulfonamides is 1. The first-order chi connectivity index (χ1) is 9.56. The van der Waals surface area contributed by atoms with E-state index in [2.05, 4.69) is 14.4 Å². The van der Waals surface area contributed by atoms with Crippen LogP contribution in [0.4, 0.5) is 11.4 Å². The number of nitrogens with one attached hydrogen (secondary N) is 1. The van der Waals surface area contributed by atoms with Crippen LogP contribution in [0.2, 0.25) is 0 Å². The number of nitrogens with two attached hydrogens (primary N) is 1. The first-order valence-corrected chi connectivity index (χ1v) is 7.52. The molecule has 1 aromatic heterocycles. The molecule has 8 heteroatoms. The van der Waals surface area contributed by atoms with Crippen LogP contribution in [0.25, 0.3) is 0 Å². The molecule has 0 saturated carbocycles. The van der Waals surface area contributed by atoms with E-state index in [1.807, 2.05) is 0 Å². The fourth-order valence-electron chi connectivity index (χ4n) is 2.13. The Morgan fingerprint density at radius 1 is 1.35 bits per heavy atom. The zero-order valence-corrected chi connectivity index (χ0v) is 11.3. The van der Waals surface area contributed by atoms with E-state index in [4.69, 9.17) is 10.5 Å². The molecule has 106 valence electrons. The Hall–Kier alpha value is -2.22. The van der Waals surface area contributed by atoms with Gasteiger partial charge >= 0.3 is 0 Å². The van der Waals surface area contributed by atoms with Gasteiger partial charge in [-0.3, -0.25) is 4.72 Å². The molecule has 0 unspecified atom stereocenters. The van der Waals surface area contributed by atoms with E-state index in [1.54, 1.807) is 6.07 Å². The lowest BCUT2D eigenvalue weighted by Gasteiger charge is -2.21. The average molecular weight is 295 g/mol. The molecule has 3 N–H and O–H groups in total. The van der Waals surface area contributed by atoms with Gasteiger partial charge in [-0.2, -0.15) is 0 Å². The topological polar surface area (TPSA) is 107 Å². The van der Waals surface area contributed by atoms with Crippen molar-refractivity contribution in [3.63, 3.8) is 0 Å². The first-order valence-electron chi connectivity index (χ1n) is 6.04. The molecule has 0 atom stereocenters. The van der Waals surface area contributed by atoms with Crippen LogP contribution in [0.3, 0.4) is 0 Å². The minimum Gasteiger partial charge on any atom is -0.492 e. The summed E-state index contributed by atoms with van der Waals surface area (Å²) in [6, 6.07) is 3.13. The van der Waals surface area contributed by atoms with Gasteiger partial charge in [-0.25, -0.2) is 8.42 Å². The maximum atomic E-state index is 12.4. The molecule has 0 spiro atoms. The van der Waals surface area contributed by atoms with Crippen molar-refractivity contribution in [1.29, 1.82) is 0 Å². The first kappa shape index (κ1) is 12.8. The molecule has 7 nitrogen and oxygen atoms in total. The summed E-state index contributed by atoms with van der Waals surface area (Å²) in [7, 11) is -3.80. The van der Waals surface area contributed by atoms with Crippen molar-refractivity contribution >= 4 is 21.4 Å². The van der Waals surface area contributed by atoms with Gasteiger partial charge in [0.05, 0.1) is 12.8 Å². The van der Waals surface area contributed by atoms with Crippen molar-refractivity contribution in [2.24, 2.45) is 0 Å². The average Bonchev–Trinajstić information content (AvgIpc) is 2.89. The zero-order chi connectivity index (χ0) is 14.2. The molecule has 1 aromatic carbocycles. The monoisotopic (exact) mass is 295 g/mol. The quantitative estimate of drug-likeness (QED) is 0.828. The van der Waals surface area contributed by atoms with E-state index >= 15 is 0 Å². The second-order valence-corrected chi connectivity index (χ2v) is 6.13. The van der Waals surface area contributed by atoms with E-state index in [0.717, 1.165) is 18.4 Å². The predicted octanol–water partition coefficient (Wildman–Crippen LogP) is 1.38. The van der Waals surface area contributed by atoms with Crippen LogP contribution in [-0.2, 0) is 16.4 Å². The second kappa shape index (κ2) is 4.71. The highest BCUT2D eigenvalue weighted by atomic mass is 32.2. The van der Waals surface area contributed by atoms with Crippen molar-refractivity contribution < 1.29 is 17.7 Å². The molecule has 1 aliphatic rings. The van der Waals surface area contributed by atoms with Crippen molar-refractivity contribution in [2.75, 3.05) is 17.1 Å². The molecule has 0 bridgehead atoms. The number of rotatable bonds is 3. The summed E-state index contributed by atoms with van der Waals surface area (Å²) in [5.41, 5.74) is 7.22. The molecule has 0 radical (unpaired) electrons. The summed E-state index contributed by atoms with van der Waals surface area (Å²) in [6.07, 6.45) is 4.07. The lowest BCUT2D eigenvalue weighted by Crippen LogP contribution is -2.18. The molecular formula is C12H13N3O4S. The molecule has 1 aliphatic heterocycles. The van der Waals surface area contributed by atoms with E-state index in [1.165, 1.54) is 18.5 Å². The largest absolute Gasteiger partial charge is 0.492 e. The normalized spacial score (nSPS) is 14.4. The molecule has 0 aliphatic carbocycles. The van der Waals surface area contributed by atoms with Gasteiger partial charge in [-0.1, -0.05) is 5.16 Å². The van der Waals surface area contributed by atoms with Gasteiger partial charge in [0, 0.05) is 5.69 Å². The van der Waals surface area contributed by atoms with Gasteiger partial charge in [0.15, 0.2) is 0 Å². The maximum Gasteiger partial charge on any atom is 0.265 e. The smallest absolute Gasteiger partial charge is 0.265 e. The number of hydrogen-bond acceptors (Lipinski definition) is 6. The van der Waals surface area contributed by atoms with Crippen molar-refractivity contribution in [3.05, 3.63) is 30.2 Å². The van der Waals surface area contributed by atoms with Crippen LogP contribution in [0.15, 0.2) is 34.0 Å². The minimum atomic E-state index is -3.80. The Morgan fingerprint density at radius 2 is 2.20 bits per heavy atom. The van der Waals surface area contributed by atoms with Crippen LogP contribution < -0.4 is 15.2 Å². The summed E-state index contributed by atoms with van der Waals surface area (Å²) in [5.74, 6) is 0.370. The van der Waals surface area contributed by atoms with Crippen molar-refractivity contribution in [2.45, 2.75) is 17.7 Å². The Morgan fingerprint density at radius 3 is 2.95 bits per heavy atom. The molecule has 2 aromatic rings. The third-order valence-electron chi connectivity index (χ3n) is 2.97. The summed E-state index contributed by atoms with van der Waals surface area (Å²) in [6.45, 7) is 0.493. The third-order valence-corrected chi connectivity index (χ3v) is 4.35. The second-order valence-electron chi connectivity index (χ2n) is 4.48. The summed E-state index contributed by atoms with van der Waals surface area (Å²) in [5, 5.41) is 3.45. The Bertz CT molecular complexity index is 725. The summed E-state index contributed by atoms with van der Waals surface area (Å²) >= 11 is 0. The van der Waals surface area contributed by atoms with Crippen LogP contribution in [-0.4, -0.2) is 20.2 Å². The third kappa shape index (κ3) is 2.29. The highest BCUT2D eigenvalue weighted by molar-refractivity contribution is 7.92. The summed E-state index contributed by atoms with van der Waals surface area (Å²) < 4.78 is 37.3. The number of anilines is 2. The lowest BCUT2D eigenvalue weighted by molar-refractivity contribution is 0.280. The van der Waals surface area contributed by atoms with E-state index in [-0.39, 0.29) is 10.6 Å². The molecule has 2 heterocycles. The minimum absolute atomic E-state index is 0.0356. The number of hydrogen-bond donors (Lipinski definition) is 2. The lowest BCUT2D eigenvalue weighted by atomic mass is 10.1. The number of ether oxygens (including phenoxy) is 1. The van der Waals surface area contributed by atoms with E-state index in [0.29, 0.717) is 18.0 Å². The fourth-order valence-corrected chi connectivity index (χ4v) is 3.38. The van der Waals surface area contributed by atoms with Crippen molar-refractivity contribution in [3.8, 4) is 5.75 Å². The standard InChI is InChI=1S/C12H13N3O4S/c13-9-4-8-2-1-3-18-12(8)11(5-9)20(16,17)15-10-6-14-19-7-10/h4-7,15H,1-3,13H2. The van der Waals surface area contributed by atoms with Gasteiger partial charge in [-0.05, 0) is 30.5 Å². The SMILES string of the molecule is Nc1cc2c(c(S(=O)(=O)Nc3cnoc3)c1)OCCC2. The van der Waals surface area contributed by atoms with Gasteiger partial charge in [0.1, 0.15) is 22.6 Å². The number of nitrogens with zero attached hydrogens (tertiary/aromatic N) is 1. The maximum absolute atomic E-state index is 12.4. The van der Waals surface area contributed by atoms with Crippen LogP contribution in [0.1, 0.15) is 12.0 Å². The van der Waals surface area contributed by atoms with Gasteiger partial charge in [0.2, 0.25) is 0 Å². The molecular weight excluding hydrogens is 282 g/mol. The molecule has 20 heavy (non-hydrogen) atoms. The van der Waals surface area contributed by atoms with E-state index < -0.39 is 10.0 Å². The Balaban J connectivity index is 2.07. The van der Waals surface area contributed by atoms with Crippen molar-refractivity contribution in [1.82, 2.24) is 5.16 Å². The van der Waals surface area contributed by atoms with Crippen LogP contribution >= 0.6 is 0 Å². The Kier molecular flexibility index (Phi) is 3.01. The highest BCUT2D eigenvalue weighted by Gasteiger charge is 2.25.